The molecule has 2 atom stereocenters. The summed E-state index contributed by atoms with van der Waals surface area (Å²) in [4.78, 5) is 15.3. The number of rotatable bonds is 3. The molecule has 1 amide bonds. The second kappa shape index (κ2) is 7.80. The minimum atomic E-state index is -0.329. The topological polar surface area (TPSA) is 63.9 Å². The molecular weight excluding hydrogens is 416 g/mol. The van der Waals surface area contributed by atoms with Gasteiger partial charge in [0.25, 0.3) is 0 Å². The maximum atomic E-state index is 12.9. The van der Waals surface area contributed by atoms with Gasteiger partial charge < -0.3 is 19.2 Å². The van der Waals surface area contributed by atoms with Crippen LogP contribution in [-0.4, -0.2) is 43.3 Å². The normalized spacial score (nSPS) is 27.6. The Morgan fingerprint density at radius 2 is 1.97 bits per heavy atom. The van der Waals surface area contributed by atoms with Gasteiger partial charge in [0.2, 0.25) is 0 Å². The van der Waals surface area contributed by atoms with Crippen LogP contribution < -0.4 is 10.1 Å². The largest absolute Gasteiger partial charge is 0.493 e. The number of carbonyl (C=O) groups is 1. The number of benzene rings is 2. The van der Waals surface area contributed by atoms with E-state index in [4.69, 9.17) is 13.9 Å². The van der Waals surface area contributed by atoms with Crippen LogP contribution >= 0.6 is 0 Å². The van der Waals surface area contributed by atoms with Crippen LogP contribution in [0.4, 0.5) is 4.79 Å². The summed E-state index contributed by atoms with van der Waals surface area (Å²) in [6, 6.07) is 14.0. The van der Waals surface area contributed by atoms with Gasteiger partial charge in [0.05, 0.1) is 18.9 Å². The first kappa shape index (κ1) is 20.6. The summed E-state index contributed by atoms with van der Waals surface area (Å²) in [5.41, 5.74) is 3.65. The van der Waals surface area contributed by atoms with Crippen molar-refractivity contribution in [2.75, 3.05) is 26.2 Å². The van der Waals surface area contributed by atoms with E-state index in [1.54, 1.807) is 6.26 Å². The van der Waals surface area contributed by atoms with Crippen molar-refractivity contribution in [3.8, 4) is 16.9 Å². The molecule has 172 valence electrons. The number of carbonyl (C=O) groups excluding carboxylic acids is 1. The molecule has 6 nitrogen and oxygen atoms in total. The number of hydrogen-bond donors (Lipinski definition) is 1. The lowest BCUT2D eigenvalue weighted by atomic mass is 9.78. The minimum absolute atomic E-state index is 0.00771. The third-order valence-electron chi connectivity index (χ3n) is 7.61. The average molecular weight is 447 g/mol. The van der Waals surface area contributed by atoms with Gasteiger partial charge in [0, 0.05) is 28.5 Å². The SMILES string of the molecule is CC1(C)COc2cc(-c3coc4ccccc34)ccc2C1NC(=O)O[C@H]1CN2CCC1CC2. The predicted molar refractivity (Wildman–Crippen MR) is 126 cm³/mol. The fraction of sp³-hybridized carbons (Fsp3) is 0.444. The molecule has 0 spiro atoms. The molecule has 0 saturated carbocycles. The lowest BCUT2D eigenvalue weighted by Crippen LogP contribution is -2.53. The Labute approximate surface area is 193 Å². The highest BCUT2D eigenvalue weighted by molar-refractivity contribution is 5.94. The lowest BCUT2D eigenvalue weighted by molar-refractivity contribution is -0.0361. The van der Waals surface area contributed by atoms with Crippen LogP contribution in [0.15, 0.2) is 53.1 Å². The number of piperidine rings is 3. The molecule has 1 N–H and O–H groups in total. The third kappa shape index (κ3) is 3.66. The number of nitrogens with one attached hydrogen (secondary N) is 1. The van der Waals surface area contributed by atoms with Gasteiger partial charge in [-0.15, -0.1) is 0 Å². The van der Waals surface area contributed by atoms with E-state index in [1.807, 2.05) is 18.2 Å². The van der Waals surface area contributed by atoms with Crippen LogP contribution in [-0.2, 0) is 4.74 Å². The number of amides is 1. The standard InChI is InChI=1S/C27H30N2O4/c1-27(2)16-32-23-13-18(21-15-31-22-6-4-3-5-19(21)22)7-8-20(23)25(27)28-26(30)33-24-14-29-11-9-17(24)10-12-29/h3-8,13,15,17,24-25H,9-12,14,16H2,1-2H3,(H,28,30)/t24-,25?/m0/s1. The quantitative estimate of drug-likeness (QED) is 0.585. The zero-order valence-electron chi connectivity index (χ0n) is 19.2. The summed E-state index contributed by atoms with van der Waals surface area (Å²) in [5.74, 6) is 1.29. The molecular formula is C27H30N2O4. The van der Waals surface area contributed by atoms with Gasteiger partial charge in [0.15, 0.2) is 0 Å². The molecule has 5 heterocycles. The van der Waals surface area contributed by atoms with Crippen molar-refractivity contribution in [1.29, 1.82) is 0 Å². The number of hydrogen-bond acceptors (Lipinski definition) is 5. The summed E-state index contributed by atoms with van der Waals surface area (Å²) in [5, 5.41) is 4.25. The molecule has 3 saturated heterocycles. The summed E-state index contributed by atoms with van der Waals surface area (Å²) in [7, 11) is 0. The van der Waals surface area contributed by atoms with Crippen molar-refractivity contribution < 1.29 is 18.7 Å². The highest BCUT2D eigenvalue weighted by atomic mass is 16.6. The van der Waals surface area contributed by atoms with E-state index < -0.39 is 0 Å². The summed E-state index contributed by atoms with van der Waals surface area (Å²) in [6.45, 7) is 7.86. The van der Waals surface area contributed by atoms with E-state index in [0.717, 1.165) is 65.9 Å². The molecule has 3 aromatic rings. The zero-order chi connectivity index (χ0) is 22.6. The highest BCUT2D eigenvalue weighted by Gasteiger charge is 2.41. The van der Waals surface area contributed by atoms with Crippen molar-refractivity contribution in [3.63, 3.8) is 0 Å². The second-order valence-electron chi connectivity index (χ2n) is 10.3. The predicted octanol–water partition coefficient (Wildman–Crippen LogP) is 5.38. The summed E-state index contributed by atoms with van der Waals surface area (Å²) >= 11 is 0. The van der Waals surface area contributed by atoms with Gasteiger partial charge in [-0.25, -0.2) is 4.79 Å². The first-order chi connectivity index (χ1) is 16.0. The first-order valence-corrected chi connectivity index (χ1v) is 11.9. The average Bonchev–Trinajstić information content (AvgIpc) is 3.26. The molecule has 3 fully saturated rings. The Balaban J connectivity index is 1.25. The monoisotopic (exact) mass is 446 g/mol. The van der Waals surface area contributed by atoms with Crippen LogP contribution in [0.5, 0.6) is 5.75 Å². The maximum absolute atomic E-state index is 12.9. The van der Waals surface area contributed by atoms with E-state index in [2.05, 4.69) is 48.3 Å². The van der Waals surface area contributed by atoms with Gasteiger partial charge in [-0.05, 0) is 49.5 Å². The molecule has 6 heteroatoms. The lowest BCUT2D eigenvalue weighted by Gasteiger charge is -2.44. The van der Waals surface area contributed by atoms with Crippen LogP contribution in [0.1, 0.15) is 38.3 Å². The van der Waals surface area contributed by atoms with Crippen molar-refractivity contribution in [3.05, 3.63) is 54.3 Å². The number of ether oxygens (including phenoxy) is 2. The van der Waals surface area contributed by atoms with E-state index in [1.165, 1.54) is 0 Å². The minimum Gasteiger partial charge on any atom is -0.493 e. The van der Waals surface area contributed by atoms with E-state index >= 15 is 0 Å². The number of furan rings is 1. The summed E-state index contributed by atoms with van der Waals surface area (Å²) < 4.78 is 17.8. The van der Waals surface area contributed by atoms with Gasteiger partial charge in [-0.2, -0.15) is 0 Å². The Morgan fingerprint density at radius 1 is 1.15 bits per heavy atom. The Hall–Kier alpha value is -2.99. The molecule has 1 aromatic heterocycles. The molecule has 33 heavy (non-hydrogen) atoms. The molecule has 7 rings (SSSR count). The van der Waals surface area contributed by atoms with Crippen LogP contribution in [0, 0.1) is 11.3 Å². The first-order valence-electron chi connectivity index (χ1n) is 11.9. The molecule has 2 aromatic carbocycles. The highest BCUT2D eigenvalue weighted by Crippen LogP contribution is 2.45. The van der Waals surface area contributed by atoms with Crippen LogP contribution in [0.3, 0.4) is 0 Å². The van der Waals surface area contributed by atoms with E-state index in [0.29, 0.717) is 12.5 Å². The Kier molecular flexibility index (Phi) is 4.87. The van der Waals surface area contributed by atoms with Crippen molar-refractivity contribution in [2.45, 2.75) is 38.8 Å². The van der Waals surface area contributed by atoms with Crippen molar-refractivity contribution in [1.82, 2.24) is 10.2 Å². The molecule has 2 bridgehead atoms. The fourth-order valence-corrected chi connectivity index (χ4v) is 5.64. The van der Waals surface area contributed by atoms with Gasteiger partial charge in [-0.3, -0.25) is 4.90 Å². The maximum Gasteiger partial charge on any atom is 0.407 e. The fourth-order valence-electron chi connectivity index (χ4n) is 5.64. The molecule has 0 radical (unpaired) electrons. The third-order valence-corrected chi connectivity index (χ3v) is 7.61. The smallest absolute Gasteiger partial charge is 0.407 e. The second-order valence-corrected chi connectivity index (χ2v) is 10.3. The Bertz CT molecular complexity index is 1190. The van der Waals surface area contributed by atoms with E-state index in [-0.39, 0.29) is 23.7 Å². The zero-order valence-corrected chi connectivity index (χ0v) is 19.2. The molecule has 0 aliphatic carbocycles. The van der Waals surface area contributed by atoms with Gasteiger partial charge >= 0.3 is 6.09 Å². The number of nitrogens with zero attached hydrogens (tertiary/aromatic N) is 1. The molecule has 4 aliphatic heterocycles. The summed E-state index contributed by atoms with van der Waals surface area (Å²) in [6.07, 6.45) is 3.70. The Morgan fingerprint density at radius 3 is 2.76 bits per heavy atom. The van der Waals surface area contributed by atoms with Crippen LogP contribution in [0.2, 0.25) is 0 Å². The number of para-hydroxylation sites is 1. The molecule has 4 aliphatic rings. The van der Waals surface area contributed by atoms with Crippen molar-refractivity contribution in [2.24, 2.45) is 11.3 Å². The van der Waals surface area contributed by atoms with Crippen molar-refractivity contribution >= 4 is 17.1 Å². The van der Waals surface area contributed by atoms with Gasteiger partial charge in [-0.1, -0.05) is 44.2 Å². The van der Waals surface area contributed by atoms with Gasteiger partial charge in [0.1, 0.15) is 17.4 Å². The van der Waals surface area contributed by atoms with E-state index in [9.17, 15) is 4.79 Å². The molecule has 1 unspecified atom stereocenters. The van der Waals surface area contributed by atoms with Crippen LogP contribution in [0.25, 0.3) is 22.1 Å². The number of fused-ring (bicyclic) bond motifs is 5. The number of alkyl carbamates (subject to hydrolysis) is 1.